The predicted octanol–water partition coefficient (Wildman–Crippen LogP) is 3.16. The predicted molar refractivity (Wildman–Crippen MR) is 91.9 cm³/mol. The second-order valence-electron chi connectivity index (χ2n) is 6.20. The molecule has 2 aromatic carbocycles. The Balaban J connectivity index is 2.14. The zero-order chi connectivity index (χ0) is 20.7. The van der Waals surface area contributed by atoms with E-state index in [-0.39, 0.29) is 22.7 Å². The summed E-state index contributed by atoms with van der Waals surface area (Å²) in [6.45, 7) is 6.22. The molecular weight excluding hydrogens is 399 g/mol. The molecule has 0 aliphatic heterocycles. The number of sulfone groups is 1. The highest BCUT2D eigenvalue weighted by Crippen LogP contribution is 2.49. The SMILES string of the molecule is [C-]#[N+]c1cc(F)cc(Oc2ccc(S(=O)(=O)CCO)c3c2CC(F)(F)C3O)c1. The first-order valence-corrected chi connectivity index (χ1v) is 9.65. The Kier molecular flexibility index (Phi) is 5.10. The minimum atomic E-state index is -4.12. The van der Waals surface area contributed by atoms with Gasteiger partial charge in [-0.05, 0) is 24.3 Å². The number of alkyl halides is 2. The average Bonchev–Trinajstić information content (AvgIpc) is 2.85. The highest BCUT2D eigenvalue weighted by atomic mass is 32.2. The highest BCUT2D eigenvalue weighted by molar-refractivity contribution is 7.91. The normalized spacial score (nSPS) is 17.8. The van der Waals surface area contributed by atoms with Gasteiger partial charge in [0, 0.05) is 23.6 Å². The smallest absolute Gasteiger partial charge is 0.281 e. The average molecular weight is 413 g/mol. The first-order chi connectivity index (χ1) is 13.1. The molecule has 10 heteroatoms. The lowest BCUT2D eigenvalue weighted by Gasteiger charge is -2.16. The lowest BCUT2D eigenvalue weighted by molar-refractivity contribution is -0.0976. The number of hydrogen-bond donors (Lipinski definition) is 2. The van der Waals surface area contributed by atoms with Crippen molar-refractivity contribution in [3.8, 4) is 11.5 Å². The van der Waals surface area contributed by atoms with E-state index in [4.69, 9.17) is 16.4 Å². The van der Waals surface area contributed by atoms with Crippen molar-refractivity contribution in [3.63, 3.8) is 0 Å². The summed E-state index contributed by atoms with van der Waals surface area (Å²) in [5, 5.41) is 18.9. The highest BCUT2D eigenvalue weighted by Gasteiger charge is 2.50. The number of aliphatic hydroxyl groups is 2. The zero-order valence-electron chi connectivity index (χ0n) is 14.2. The van der Waals surface area contributed by atoms with Crippen molar-refractivity contribution in [1.29, 1.82) is 0 Å². The summed E-state index contributed by atoms with van der Waals surface area (Å²) in [5.41, 5.74) is -0.804. The molecule has 1 unspecified atom stereocenters. The van der Waals surface area contributed by atoms with Gasteiger partial charge < -0.3 is 14.9 Å². The molecular formula is C18H14F3NO5S. The Bertz CT molecular complexity index is 1080. The molecule has 0 saturated heterocycles. The maximum atomic E-state index is 14.1. The van der Waals surface area contributed by atoms with Gasteiger partial charge in [-0.3, -0.25) is 0 Å². The van der Waals surface area contributed by atoms with Crippen molar-refractivity contribution >= 4 is 15.5 Å². The third-order valence-electron chi connectivity index (χ3n) is 4.27. The van der Waals surface area contributed by atoms with Gasteiger partial charge in [0.2, 0.25) is 0 Å². The second-order valence-corrected chi connectivity index (χ2v) is 8.27. The van der Waals surface area contributed by atoms with Crippen molar-refractivity contribution in [2.45, 2.75) is 23.3 Å². The van der Waals surface area contributed by atoms with E-state index in [0.29, 0.717) is 0 Å². The van der Waals surface area contributed by atoms with Crippen molar-refractivity contribution in [1.82, 2.24) is 0 Å². The largest absolute Gasteiger partial charge is 0.458 e. The Morgan fingerprint density at radius 2 is 2.00 bits per heavy atom. The molecule has 0 amide bonds. The quantitative estimate of drug-likeness (QED) is 0.736. The Hall–Kier alpha value is -2.61. The molecule has 2 N–H and O–H groups in total. The molecule has 0 heterocycles. The van der Waals surface area contributed by atoms with Crippen LogP contribution in [0.1, 0.15) is 17.2 Å². The Morgan fingerprint density at radius 3 is 2.64 bits per heavy atom. The molecule has 0 bridgehead atoms. The molecule has 0 aromatic heterocycles. The van der Waals surface area contributed by atoms with Crippen LogP contribution in [0.4, 0.5) is 18.9 Å². The van der Waals surface area contributed by atoms with Gasteiger partial charge in [0.05, 0.1) is 23.8 Å². The molecule has 0 saturated carbocycles. The minimum absolute atomic E-state index is 0.0702. The summed E-state index contributed by atoms with van der Waals surface area (Å²) >= 11 is 0. The summed E-state index contributed by atoms with van der Waals surface area (Å²) < 4.78 is 71.9. The van der Waals surface area contributed by atoms with Gasteiger partial charge in [-0.25, -0.2) is 26.4 Å². The van der Waals surface area contributed by atoms with E-state index in [1.54, 1.807) is 0 Å². The van der Waals surface area contributed by atoms with Crippen LogP contribution in [0, 0.1) is 12.4 Å². The Labute approximate surface area is 158 Å². The molecule has 1 aliphatic carbocycles. The first kappa shape index (κ1) is 20.1. The van der Waals surface area contributed by atoms with Gasteiger partial charge >= 0.3 is 0 Å². The van der Waals surface area contributed by atoms with Crippen molar-refractivity contribution in [3.05, 3.63) is 58.7 Å². The van der Waals surface area contributed by atoms with E-state index in [2.05, 4.69) is 4.85 Å². The van der Waals surface area contributed by atoms with Crippen molar-refractivity contribution < 1.29 is 36.5 Å². The zero-order valence-corrected chi connectivity index (χ0v) is 15.0. The number of ether oxygens (including phenoxy) is 1. The minimum Gasteiger partial charge on any atom is -0.458 e. The lowest BCUT2D eigenvalue weighted by atomic mass is 10.1. The van der Waals surface area contributed by atoms with Gasteiger partial charge in [-0.15, -0.1) is 0 Å². The lowest BCUT2D eigenvalue weighted by Crippen LogP contribution is -2.22. The van der Waals surface area contributed by atoms with Gasteiger partial charge in [0.1, 0.15) is 23.4 Å². The monoisotopic (exact) mass is 413 g/mol. The van der Waals surface area contributed by atoms with Crippen LogP contribution in [0.2, 0.25) is 0 Å². The van der Waals surface area contributed by atoms with Crippen LogP contribution in [0.25, 0.3) is 4.85 Å². The molecule has 0 radical (unpaired) electrons. The van der Waals surface area contributed by atoms with Crippen LogP contribution in [0.3, 0.4) is 0 Å². The van der Waals surface area contributed by atoms with Crippen molar-refractivity contribution in [2.75, 3.05) is 12.4 Å². The molecule has 0 spiro atoms. The number of nitrogens with zero attached hydrogens (tertiary/aromatic N) is 1. The number of hydrogen-bond acceptors (Lipinski definition) is 5. The van der Waals surface area contributed by atoms with Crippen LogP contribution in [0.5, 0.6) is 11.5 Å². The van der Waals surface area contributed by atoms with E-state index in [0.717, 1.165) is 24.3 Å². The summed E-state index contributed by atoms with van der Waals surface area (Å²) in [6.07, 6.45) is -3.35. The van der Waals surface area contributed by atoms with Gasteiger partial charge in [-0.2, -0.15) is 0 Å². The number of fused-ring (bicyclic) bond motifs is 1. The van der Waals surface area contributed by atoms with E-state index in [1.807, 2.05) is 0 Å². The molecule has 1 atom stereocenters. The summed E-state index contributed by atoms with van der Waals surface area (Å²) in [7, 11) is -4.12. The Morgan fingerprint density at radius 1 is 1.29 bits per heavy atom. The fourth-order valence-corrected chi connectivity index (χ4v) is 4.35. The van der Waals surface area contributed by atoms with Gasteiger partial charge in [0.15, 0.2) is 15.5 Å². The number of benzene rings is 2. The van der Waals surface area contributed by atoms with Crippen LogP contribution in [-0.4, -0.2) is 36.9 Å². The maximum absolute atomic E-state index is 14.1. The first-order valence-electron chi connectivity index (χ1n) is 8.00. The molecule has 28 heavy (non-hydrogen) atoms. The summed E-state index contributed by atoms with van der Waals surface area (Å²) in [5.74, 6) is -5.42. The van der Waals surface area contributed by atoms with Gasteiger partial charge in [0.25, 0.3) is 5.92 Å². The topological polar surface area (TPSA) is 88.2 Å². The van der Waals surface area contributed by atoms with E-state index < -0.39 is 56.9 Å². The van der Waals surface area contributed by atoms with Crippen LogP contribution < -0.4 is 4.74 Å². The number of halogens is 3. The molecule has 2 aromatic rings. The number of rotatable bonds is 5. The van der Waals surface area contributed by atoms with Crippen LogP contribution in [-0.2, 0) is 16.3 Å². The third kappa shape index (κ3) is 3.56. The van der Waals surface area contributed by atoms with Gasteiger partial charge in [-0.1, -0.05) is 0 Å². The second kappa shape index (κ2) is 7.09. The fraction of sp³-hybridized carbons (Fsp3) is 0.278. The maximum Gasteiger partial charge on any atom is 0.281 e. The molecule has 3 rings (SSSR count). The van der Waals surface area contributed by atoms with Crippen molar-refractivity contribution in [2.24, 2.45) is 0 Å². The van der Waals surface area contributed by atoms with E-state index in [1.165, 1.54) is 6.07 Å². The molecule has 0 fully saturated rings. The molecule has 1 aliphatic rings. The standard InChI is InChI=1S/C18H14F3NO5S/c1-22-11-6-10(19)7-12(8-11)27-14-2-3-15(28(25,26)5-4-23)16-13(14)9-18(20,21)17(16)24/h2-3,6-8,17,23-24H,4-5,9H2. The summed E-state index contributed by atoms with van der Waals surface area (Å²) in [6, 6.07) is 5.23. The van der Waals surface area contributed by atoms with E-state index in [9.17, 15) is 26.7 Å². The van der Waals surface area contributed by atoms with E-state index >= 15 is 0 Å². The molecule has 6 nitrogen and oxygen atoms in total. The number of aliphatic hydroxyl groups excluding tert-OH is 2. The fourth-order valence-electron chi connectivity index (χ4n) is 3.04. The third-order valence-corrected chi connectivity index (χ3v) is 6.01. The molecule has 148 valence electrons. The van der Waals surface area contributed by atoms with Crippen LogP contribution in [0.15, 0.2) is 35.2 Å². The summed E-state index contributed by atoms with van der Waals surface area (Å²) in [4.78, 5) is 2.56. The van der Waals surface area contributed by atoms with Crippen LogP contribution >= 0.6 is 0 Å².